The van der Waals surface area contributed by atoms with Crippen LogP contribution in [0.1, 0.15) is 29.0 Å². The summed E-state index contributed by atoms with van der Waals surface area (Å²) < 4.78 is 43.7. The van der Waals surface area contributed by atoms with Gasteiger partial charge in [-0.25, -0.2) is 0 Å². The fourth-order valence-electron chi connectivity index (χ4n) is 4.74. The molecule has 0 spiro atoms. The summed E-state index contributed by atoms with van der Waals surface area (Å²) in [5.74, 6) is 0.801. The Labute approximate surface area is 184 Å². The molecule has 1 aliphatic carbocycles. The number of halogens is 3. The van der Waals surface area contributed by atoms with Crippen molar-refractivity contribution < 1.29 is 17.7 Å². The predicted molar refractivity (Wildman–Crippen MR) is 114 cm³/mol. The van der Waals surface area contributed by atoms with Gasteiger partial charge in [-0.2, -0.15) is 18.2 Å². The molecule has 5 nitrogen and oxygen atoms in total. The molecule has 2 aliphatic rings. The molecule has 0 N–H and O–H groups in total. The average molecular weight is 442 g/mol. The van der Waals surface area contributed by atoms with E-state index in [1.54, 1.807) is 0 Å². The first-order valence-corrected chi connectivity index (χ1v) is 11.0. The second-order valence-corrected chi connectivity index (χ2v) is 8.58. The van der Waals surface area contributed by atoms with Crippen molar-refractivity contribution in [3.05, 3.63) is 71.1 Å². The third-order valence-corrected chi connectivity index (χ3v) is 6.47. The number of rotatable bonds is 4. The van der Waals surface area contributed by atoms with Gasteiger partial charge in [-0.3, -0.25) is 9.80 Å². The lowest BCUT2D eigenvalue weighted by Crippen LogP contribution is -2.38. The smallest absolute Gasteiger partial charge is 0.338 e. The van der Waals surface area contributed by atoms with E-state index in [-0.39, 0.29) is 0 Å². The van der Waals surface area contributed by atoms with E-state index >= 15 is 0 Å². The van der Waals surface area contributed by atoms with E-state index in [9.17, 15) is 13.2 Å². The molecule has 0 atom stereocenters. The van der Waals surface area contributed by atoms with Crippen molar-refractivity contribution in [2.75, 3.05) is 26.2 Å². The summed E-state index contributed by atoms with van der Waals surface area (Å²) >= 11 is 0. The monoisotopic (exact) mass is 442 g/mol. The molecule has 168 valence electrons. The highest BCUT2D eigenvalue weighted by atomic mass is 19.4. The van der Waals surface area contributed by atoms with E-state index in [2.05, 4.69) is 44.2 Å². The largest absolute Gasteiger partial charge is 0.416 e. The van der Waals surface area contributed by atoms with Crippen LogP contribution in [-0.2, 0) is 25.6 Å². The molecule has 2 heterocycles. The minimum absolute atomic E-state index is 0.314. The highest BCUT2D eigenvalue weighted by Gasteiger charge is 2.30. The molecule has 0 radical (unpaired) electrons. The van der Waals surface area contributed by atoms with E-state index < -0.39 is 11.7 Å². The zero-order chi connectivity index (χ0) is 22.1. The summed E-state index contributed by atoms with van der Waals surface area (Å²) in [4.78, 5) is 9.32. The van der Waals surface area contributed by atoms with Crippen molar-refractivity contribution in [1.82, 2.24) is 19.9 Å². The Bertz CT molecular complexity index is 1040. The molecular weight excluding hydrogens is 417 g/mol. The number of nitrogens with zero attached hydrogens (tertiary/aromatic N) is 4. The minimum atomic E-state index is -4.36. The maximum Gasteiger partial charge on any atom is 0.416 e. The zero-order valence-electron chi connectivity index (χ0n) is 17.7. The molecule has 0 bridgehead atoms. The normalized spacial score (nSPS) is 18.6. The van der Waals surface area contributed by atoms with Gasteiger partial charge in [0.25, 0.3) is 0 Å². The molecule has 3 aromatic rings. The number of hydrogen-bond donors (Lipinski definition) is 0. The summed E-state index contributed by atoms with van der Waals surface area (Å²) in [6.45, 7) is 4.50. The first-order valence-electron chi connectivity index (χ1n) is 11.0. The SMILES string of the molecule is FC(F)(F)c1ccc(-c2noc(CN3CCCN(C4Cc5ccccc5C4)CC3)n2)cc1. The summed E-state index contributed by atoms with van der Waals surface area (Å²) in [5.41, 5.74) is 2.76. The lowest BCUT2D eigenvalue weighted by molar-refractivity contribution is -0.137. The molecule has 1 aromatic heterocycles. The van der Waals surface area contributed by atoms with E-state index in [1.165, 1.54) is 23.3 Å². The van der Waals surface area contributed by atoms with Gasteiger partial charge in [0.05, 0.1) is 12.1 Å². The second kappa shape index (κ2) is 8.67. The van der Waals surface area contributed by atoms with Gasteiger partial charge in [-0.1, -0.05) is 41.6 Å². The van der Waals surface area contributed by atoms with Crippen LogP contribution in [0.2, 0.25) is 0 Å². The van der Waals surface area contributed by atoms with Crippen molar-refractivity contribution in [3.63, 3.8) is 0 Å². The average Bonchev–Trinajstić information content (AvgIpc) is 3.35. The first kappa shape index (κ1) is 21.2. The van der Waals surface area contributed by atoms with Crippen LogP contribution >= 0.6 is 0 Å². The fraction of sp³-hybridized carbons (Fsp3) is 0.417. The Morgan fingerprint density at radius 2 is 1.62 bits per heavy atom. The molecular formula is C24H25F3N4O. The maximum absolute atomic E-state index is 12.8. The van der Waals surface area contributed by atoms with Crippen LogP contribution in [-0.4, -0.2) is 52.2 Å². The van der Waals surface area contributed by atoms with Crippen LogP contribution in [0, 0.1) is 0 Å². The topological polar surface area (TPSA) is 45.4 Å². The molecule has 5 rings (SSSR count). The van der Waals surface area contributed by atoms with Gasteiger partial charge >= 0.3 is 6.18 Å². The fourth-order valence-corrected chi connectivity index (χ4v) is 4.74. The van der Waals surface area contributed by atoms with Crippen LogP contribution in [0.15, 0.2) is 53.1 Å². The van der Waals surface area contributed by atoms with Crippen LogP contribution in [0.5, 0.6) is 0 Å². The molecule has 0 amide bonds. The van der Waals surface area contributed by atoms with Gasteiger partial charge in [-0.15, -0.1) is 0 Å². The molecule has 1 fully saturated rings. The number of alkyl halides is 3. The quantitative estimate of drug-likeness (QED) is 0.598. The van der Waals surface area contributed by atoms with Crippen molar-refractivity contribution in [2.24, 2.45) is 0 Å². The summed E-state index contributed by atoms with van der Waals surface area (Å²) in [6.07, 6.45) is -1.04. The van der Waals surface area contributed by atoms with Crippen LogP contribution < -0.4 is 0 Å². The number of benzene rings is 2. The van der Waals surface area contributed by atoms with Gasteiger partial charge < -0.3 is 4.52 Å². The van der Waals surface area contributed by atoms with Crippen LogP contribution in [0.25, 0.3) is 11.4 Å². The zero-order valence-corrected chi connectivity index (χ0v) is 17.7. The van der Waals surface area contributed by atoms with E-state index in [0.717, 1.165) is 57.6 Å². The molecule has 0 saturated carbocycles. The van der Waals surface area contributed by atoms with Crippen LogP contribution in [0.3, 0.4) is 0 Å². The van der Waals surface area contributed by atoms with E-state index in [4.69, 9.17) is 4.52 Å². The van der Waals surface area contributed by atoms with Gasteiger partial charge in [-0.05, 0) is 55.6 Å². The van der Waals surface area contributed by atoms with E-state index in [1.807, 2.05) is 0 Å². The summed E-state index contributed by atoms with van der Waals surface area (Å²) in [7, 11) is 0. The second-order valence-electron chi connectivity index (χ2n) is 8.58. The van der Waals surface area contributed by atoms with Crippen LogP contribution in [0.4, 0.5) is 13.2 Å². The number of hydrogen-bond acceptors (Lipinski definition) is 5. The molecule has 1 aliphatic heterocycles. The first-order chi connectivity index (χ1) is 15.5. The lowest BCUT2D eigenvalue weighted by Gasteiger charge is -2.27. The Kier molecular flexibility index (Phi) is 5.73. The van der Waals surface area contributed by atoms with Gasteiger partial charge in [0.1, 0.15) is 0 Å². The summed E-state index contributed by atoms with van der Waals surface area (Å²) in [5, 5.41) is 3.96. The molecule has 1 saturated heterocycles. The molecule has 0 unspecified atom stereocenters. The Morgan fingerprint density at radius 3 is 2.31 bits per heavy atom. The standard InChI is InChI=1S/C24H25F3N4O/c25-24(26,27)20-8-6-17(7-9-20)23-28-22(32-29-23)16-30-10-3-11-31(13-12-30)21-14-18-4-1-2-5-19(18)15-21/h1-2,4-9,21H,3,10-16H2. The third kappa shape index (κ3) is 4.56. The number of aromatic nitrogens is 2. The van der Waals surface area contributed by atoms with Gasteiger partial charge in [0.15, 0.2) is 0 Å². The molecule has 2 aromatic carbocycles. The highest BCUT2D eigenvalue weighted by Crippen LogP contribution is 2.30. The van der Waals surface area contributed by atoms with Crippen molar-refractivity contribution in [3.8, 4) is 11.4 Å². The maximum atomic E-state index is 12.8. The Morgan fingerprint density at radius 1 is 0.906 bits per heavy atom. The third-order valence-electron chi connectivity index (χ3n) is 6.47. The predicted octanol–water partition coefficient (Wildman–Crippen LogP) is 4.43. The van der Waals surface area contributed by atoms with Crippen molar-refractivity contribution >= 4 is 0 Å². The molecule has 8 heteroatoms. The van der Waals surface area contributed by atoms with Gasteiger partial charge in [0, 0.05) is 24.7 Å². The van der Waals surface area contributed by atoms with E-state index in [0.29, 0.717) is 29.9 Å². The van der Waals surface area contributed by atoms with Crippen molar-refractivity contribution in [1.29, 1.82) is 0 Å². The Hall–Kier alpha value is -2.71. The van der Waals surface area contributed by atoms with Gasteiger partial charge in [0.2, 0.25) is 11.7 Å². The number of fused-ring (bicyclic) bond motifs is 1. The van der Waals surface area contributed by atoms with Crippen molar-refractivity contribution in [2.45, 2.75) is 38.0 Å². The summed E-state index contributed by atoms with van der Waals surface area (Å²) in [6, 6.07) is 14.1. The lowest BCUT2D eigenvalue weighted by atomic mass is 10.1. The molecule has 32 heavy (non-hydrogen) atoms. The highest BCUT2D eigenvalue weighted by molar-refractivity contribution is 5.54. The Balaban J connectivity index is 1.18. The minimum Gasteiger partial charge on any atom is -0.338 e.